The predicted molar refractivity (Wildman–Crippen MR) is 83.2 cm³/mol. The van der Waals surface area contributed by atoms with Crippen LogP contribution in [0.1, 0.15) is 5.56 Å². The molecular weight excluding hydrogens is 367 g/mol. The molecular formula is C13H9BrCl2N2O2. The molecule has 7 heteroatoms. The maximum Gasteiger partial charge on any atom is 0.171 e. The van der Waals surface area contributed by atoms with Crippen LogP contribution in [0.15, 0.2) is 46.0 Å². The van der Waals surface area contributed by atoms with Gasteiger partial charge < -0.3 is 15.7 Å². The maximum absolute atomic E-state index is 8.63. The Kier molecular flexibility index (Phi) is 4.75. The monoisotopic (exact) mass is 374 g/mol. The number of rotatable bonds is 3. The number of oxime groups is 1. The highest BCUT2D eigenvalue weighted by molar-refractivity contribution is 9.10. The minimum atomic E-state index is -0.0676. The molecule has 0 radical (unpaired) electrons. The molecule has 3 N–H and O–H groups in total. The zero-order valence-electron chi connectivity index (χ0n) is 9.98. The van der Waals surface area contributed by atoms with Gasteiger partial charge in [0.2, 0.25) is 0 Å². The minimum absolute atomic E-state index is 0.0676. The Hall–Kier alpha value is -1.43. The molecule has 20 heavy (non-hydrogen) atoms. The van der Waals surface area contributed by atoms with Crippen molar-refractivity contribution in [1.82, 2.24) is 0 Å². The maximum atomic E-state index is 8.63. The van der Waals surface area contributed by atoms with E-state index < -0.39 is 0 Å². The summed E-state index contributed by atoms with van der Waals surface area (Å²) in [5.74, 6) is 0.917. The summed E-state index contributed by atoms with van der Waals surface area (Å²) in [6, 6.07) is 10.1. The van der Waals surface area contributed by atoms with Gasteiger partial charge in [-0.2, -0.15) is 0 Å². The Labute approximate surface area is 133 Å². The van der Waals surface area contributed by atoms with Crippen molar-refractivity contribution in [3.63, 3.8) is 0 Å². The largest absolute Gasteiger partial charge is 0.456 e. The Morgan fingerprint density at radius 2 is 1.90 bits per heavy atom. The molecule has 0 fully saturated rings. The summed E-state index contributed by atoms with van der Waals surface area (Å²) in [7, 11) is 0. The lowest BCUT2D eigenvalue weighted by Gasteiger charge is -2.10. The normalized spacial score (nSPS) is 11.4. The van der Waals surface area contributed by atoms with E-state index in [9.17, 15) is 0 Å². The van der Waals surface area contributed by atoms with Gasteiger partial charge in [-0.3, -0.25) is 0 Å². The number of nitrogens with zero attached hydrogens (tertiary/aromatic N) is 1. The van der Waals surface area contributed by atoms with E-state index in [0.29, 0.717) is 27.1 Å². The van der Waals surface area contributed by atoms with Crippen molar-refractivity contribution in [1.29, 1.82) is 0 Å². The molecule has 0 aliphatic heterocycles. The van der Waals surface area contributed by atoms with Crippen LogP contribution in [0.4, 0.5) is 0 Å². The summed E-state index contributed by atoms with van der Waals surface area (Å²) >= 11 is 15.4. The van der Waals surface area contributed by atoms with Crippen molar-refractivity contribution in [3.8, 4) is 11.5 Å². The molecule has 2 aromatic carbocycles. The van der Waals surface area contributed by atoms with Crippen LogP contribution in [0, 0.1) is 0 Å². The molecule has 2 aromatic rings. The average molecular weight is 376 g/mol. The predicted octanol–water partition coefficient (Wildman–Crippen LogP) is 4.64. The van der Waals surface area contributed by atoms with Crippen LogP contribution in [0.25, 0.3) is 0 Å². The zero-order chi connectivity index (χ0) is 14.7. The fourth-order valence-corrected chi connectivity index (χ4v) is 2.27. The first kappa shape index (κ1) is 15.0. The fraction of sp³-hybridized carbons (Fsp3) is 0. The molecule has 0 heterocycles. The first-order chi connectivity index (χ1) is 9.51. The van der Waals surface area contributed by atoms with Crippen LogP contribution in [0.3, 0.4) is 0 Å². The molecule has 0 aliphatic rings. The Bertz CT molecular complexity index is 677. The van der Waals surface area contributed by atoms with Crippen LogP contribution in [0.5, 0.6) is 11.5 Å². The quantitative estimate of drug-likeness (QED) is 0.355. The second-order valence-corrected chi connectivity index (χ2v) is 5.53. The van der Waals surface area contributed by atoms with Crippen LogP contribution < -0.4 is 10.5 Å². The third kappa shape index (κ3) is 3.36. The van der Waals surface area contributed by atoms with Gasteiger partial charge in [0.05, 0.1) is 10.0 Å². The van der Waals surface area contributed by atoms with Gasteiger partial charge in [0.1, 0.15) is 11.5 Å². The van der Waals surface area contributed by atoms with Crippen molar-refractivity contribution in [3.05, 3.63) is 56.5 Å². The molecule has 0 aliphatic carbocycles. The fourth-order valence-electron chi connectivity index (χ4n) is 1.50. The molecule has 0 spiro atoms. The topological polar surface area (TPSA) is 67.8 Å². The lowest BCUT2D eigenvalue weighted by molar-refractivity contribution is 0.318. The highest BCUT2D eigenvalue weighted by Crippen LogP contribution is 2.33. The Morgan fingerprint density at radius 3 is 2.55 bits per heavy atom. The van der Waals surface area contributed by atoms with Crippen molar-refractivity contribution in [2.45, 2.75) is 0 Å². The van der Waals surface area contributed by atoms with Crippen LogP contribution >= 0.6 is 39.1 Å². The first-order valence-corrected chi connectivity index (χ1v) is 6.96. The second kappa shape index (κ2) is 6.35. The molecule has 2 rings (SSSR count). The Balaban J connectivity index is 2.31. The molecule has 0 amide bonds. The van der Waals surface area contributed by atoms with E-state index in [1.807, 2.05) is 6.07 Å². The van der Waals surface area contributed by atoms with Crippen LogP contribution in [-0.4, -0.2) is 11.0 Å². The van der Waals surface area contributed by atoms with E-state index in [0.717, 1.165) is 4.47 Å². The van der Waals surface area contributed by atoms with Gasteiger partial charge >= 0.3 is 0 Å². The van der Waals surface area contributed by atoms with Crippen LogP contribution in [-0.2, 0) is 0 Å². The molecule has 104 valence electrons. The van der Waals surface area contributed by atoms with Crippen molar-refractivity contribution in [2.24, 2.45) is 10.9 Å². The summed E-state index contributed by atoms with van der Waals surface area (Å²) in [4.78, 5) is 0. The number of ether oxygens (including phenoxy) is 1. The second-order valence-electron chi connectivity index (χ2n) is 3.80. The van der Waals surface area contributed by atoms with Crippen LogP contribution in [0.2, 0.25) is 10.0 Å². The number of halogens is 3. The highest BCUT2D eigenvalue weighted by Gasteiger charge is 2.09. The van der Waals surface area contributed by atoms with E-state index in [4.69, 9.17) is 38.9 Å². The third-order valence-corrected chi connectivity index (χ3v) is 3.56. The van der Waals surface area contributed by atoms with Crippen molar-refractivity contribution in [2.75, 3.05) is 0 Å². The zero-order valence-corrected chi connectivity index (χ0v) is 13.1. The summed E-state index contributed by atoms with van der Waals surface area (Å²) in [6.45, 7) is 0. The van der Waals surface area contributed by atoms with Gasteiger partial charge in [-0.1, -0.05) is 44.3 Å². The number of amidine groups is 1. The summed E-state index contributed by atoms with van der Waals surface area (Å²) in [6.07, 6.45) is 0. The summed E-state index contributed by atoms with van der Waals surface area (Å²) < 4.78 is 6.49. The van der Waals surface area contributed by atoms with Gasteiger partial charge in [-0.15, -0.1) is 0 Å². The molecule has 0 bridgehead atoms. The van der Waals surface area contributed by atoms with E-state index in [-0.39, 0.29) is 5.84 Å². The summed E-state index contributed by atoms with van der Waals surface area (Å²) in [5.41, 5.74) is 5.91. The Morgan fingerprint density at radius 1 is 1.15 bits per heavy atom. The average Bonchev–Trinajstić information content (AvgIpc) is 2.42. The van der Waals surface area contributed by atoms with E-state index >= 15 is 0 Å². The van der Waals surface area contributed by atoms with Crippen molar-refractivity contribution < 1.29 is 9.94 Å². The third-order valence-electron chi connectivity index (χ3n) is 2.45. The van der Waals surface area contributed by atoms with Gasteiger partial charge in [0, 0.05) is 16.1 Å². The molecule has 0 atom stereocenters. The lowest BCUT2D eigenvalue weighted by atomic mass is 10.2. The molecule has 0 aromatic heterocycles. The standard InChI is InChI=1S/C13H9BrCl2N2O2/c14-7-1-4-10(15)12(5-7)20-8-2-3-9(11(16)6-8)13(17)18-19/h1-6,19H,(H2,17,18). The first-order valence-electron chi connectivity index (χ1n) is 5.41. The number of benzene rings is 2. The highest BCUT2D eigenvalue weighted by atomic mass is 79.9. The van der Waals surface area contributed by atoms with Gasteiger partial charge in [-0.25, -0.2) is 0 Å². The van der Waals surface area contributed by atoms with Gasteiger partial charge in [0.15, 0.2) is 5.84 Å². The lowest BCUT2D eigenvalue weighted by Crippen LogP contribution is -2.13. The van der Waals surface area contributed by atoms with Gasteiger partial charge in [-0.05, 0) is 30.3 Å². The molecule has 0 saturated heterocycles. The van der Waals surface area contributed by atoms with E-state index in [1.165, 1.54) is 0 Å². The smallest absolute Gasteiger partial charge is 0.171 e. The number of hydrogen-bond donors (Lipinski definition) is 2. The summed E-state index contributed by atoms with van der Waals surface area (Å²) in [5, 5.41) is 12.3. The van der Waals surface area contributed by atoms with Crippen molar-refractivity contribution >= 4 is 45.0 Å². The molecule has 0 unspecified atom stereocenters. The van der Waals surface area contributed by atoms with E-state index in [2.05, 4.69) is 21.1 Å². The number of hydrogen-bond acceptors (Lipinski definition) is 3. The molecule has 0 saturated carbocycles. The van der Waals surface area contributed by atoms with E-state index in [1.54, 1.807) is 30.3 Å². The SMILES string of the molecule is NC(=NO)c1ccc(Oc2cc(Br)ccc2Cl)cc1Cl. The van der Waals surface area contributed by atoms with Gasteiger partial charge in [0.25, 0.3) is 0 Å². The number of nitrogens with two attached hydrogens (primary N) is 1. The minimum Gasteiger partial charge on any atom is -0.456 e. The molecule has 4 nitrogen and oxygen atoms in total.